The average Bonchev–Trinajstić information content (AvgIpc) is 3.04. The van der Waals surface area contributed by atoms with Gasteiger partial charge >= 0.3 is 5.97 Å². The van der Waals surface area contributed by atoms with Gasteiger partial charge in [-0.3, -0.25) is 4.98 Å². The number of aromatic nitrogens is 2. The number of carbonyl (C=O) groups is 1. The molecule has 0 amide bonds. The van der Waals surface area contributed by atoms with E-state index in [1.54, 1.807) is 13.2 Å². The molecular weight excluding hydrogens is 342 g/mol. The quantitative estimate of drug-likeness (QED) is 0.777. The molecular formula is C17H21N3O4S. The summed E-state index contributed by atoms with van der Waals surface area (Å²) in [6.45, 7) is 0.433. The van der Waals surface area contributed by atoms with Crippen LogP contribution in [-0.4, -0.2) is 41.9 Å². The van der Waals surface area contributed by atoms with Crippen LogP contribution in [0.4, 0.5) is 0 Å². The van der Waals surface area contributed by atoms with Gasteiger partial charge in [0.05, 0.1) is 18.8 Å². The molecule has 0 aliphatic carbocycles. The van der Waals surface area contributed by atoms with Crippen LogP contribution in [0, 0.1) is 0 Å². The van der Waals surface area contributed by atoms with E-state index in [-0.39, 0.29) is 16.8 Å². The van der Waals surface area contributed by atoms with E-state index < -0.39 is 16.0 Å². The van der Waals surface area contributed by atoms with Gasteiger partial charge in [0.2, 0.25) is 0 Å². The minimum Gasteiger partial charge on any atom is -0.464 e. The van der Waals surface area contributed by atoms with Crippen LogP contribution in [0.25, 0.3) is 0 Å². The molecule has 2 aromatic rings. The normalized spacial score (nSPS) is 18.9. The fraction of sp³-hybridized carbons (Fsp3) is 0.412. The number of hydrogen-bond acceptors (Lipinski definition) is 5. The summed E-state index contributed by atoms with van der Waals surface area (Å²) in [5.74, 6) is -0.566. The van der Waals surface area contributed by atoms with Crippen LogP contribution in [0.2, 0.25) is 0 Å². The zero-order chi connectivity index (χ0) is 18.0. The maximum Gasteiger partial charge on any atom is 0.354 e. The molecule has 1 fully saturated rings. The highest BCUT2D eigenvalue weighted by atomic mass is 32.2. The molecule has 2 aromatic heterocycles. The number of rotatable bonds is 4. The monoisotopic (exact) mass is 363 g/mol. The van der Waals surface area contributed by atoms with Crippen LogP contribution in [0.15, 0.2) is 41.6 Å². The SMILES string of the molecule is COC(=O)c1ccc(S(=O)(=O)N2CCCC[C@H]2c2ccccn2)n1C. The Bertz CT molecular complexity index is 861. The smallest absolute Gasteiger partial charge is 0.354 e. The first-order chi connectivity index (χ1) is 12.0. The number of hydrogen-bond donors (Lipinski definition) is 0. The van der Waals surface area contributed by atoms with Gasteiger partial charge in [0.15, 0.2) is 5.03 Å². The molecule has 3 rings (SSSR count). The first kappa shape index (κ1) is 17.6. The van der Waals surface area contributed by atoms with E-state index in [4.69, 9.17) is 4.74 Å². The Balaban J connectivity index is 2.01. The Labute approximate surface area is 147 Å². The number of carbonyl (C=O) groups excluding carboxylic acids is 1. The molecule has 0 bridgehead atoms. The van der Waals surface area contributed by atoms with Crippen molar-refractivity contribution in [3.05, 3.63) is 47.9 Å². The Morgan fingerprint density at radius 2 is 2.04 bits per heavy atom. The van der Waals surface area contributed by atoms with Gasteiger partial charge in [0.1, 0.15) is 5.69 Å². The van der Waals surface area contributed by atoms with Crippen molar-refractivity contribution in [3.63, 3.8) is 0 Å². The fourth-order valence-electron chi connectivity index (χ4n) is 3.24. The zero-order valence-electron chi connectivity index (χ0n) is 14.3. The largest absolute Gasteiger partial charge is 0.464 e. The van der Waals surface area contributed by atoms with Crippen molar-refractivity contribution >= 4 is 16.0 Å². The predicted molar refractivity (Wildman–Crippen MR) is 91.5 cm³/mol. The Morgan fingerprint density at radius 3 is 2.72 bits per heavy atom. The molecule has 1 aliphatic heterocycles. The molecule has 134 valence electrons. The molecule has 7 nitrogen and oxygen atoms in total. The van der Waals surface area contributed by atoms with E-state index in [1.807, 2.05) is 18.2 Å². The molecule has 3 heterocycles. The summed E-state index contributed by atoms with van der Waals surface area (Å²) in [6, 6.07) is 8.15. The van der Waals surface area contributed by atoms with Crippen molar-refractivity contribution in [1.29, 1.82) is 0 Å². The van der Waals surface area contributed by atoms with Gasteiger partial charge in [-0.1, -0.05) is 12.5 Å². The van der Waals surface area contributed by atoms with Gasteiger partial charge in [0.25, 0.3) is 10.0 Å². The van der Waals surface area contributed by atoms with E-state index in [0.29, 0.717) is 6.54 Å². The molecule has 1 atom stereocenters. The van der Waals surface area contributed by atoms with Crippen LogP contribution in [0.1, 0.15) is 41.5 Å². The molecule has 1 saturated heterocycles. The molecule has 0 spiro atoms. The predicted octanol–water partition coefficient (Wildman–Crippen LogP) is 2.12. The van der Waals surface area contributed by atoms with Crippen LogP contribution in [0.5, 0.6) is 0 Å². The third-order valence-corrected chi connectivity index (χ3v) is 6.52. The molecule has 0 aromatic carbocycles. The van der Waals surface area contributed by atoms with Crippen molar-refractivity contribution in [2.45, 2.75) is 30.3 Å². The van der Waals surface area contributed by atoms with E-state index in [9.17, 15) is 13.2 Å². The van der Waals surface area contributed by atoms with Crippen LogP contribution >= 0.6 is 0 Å². The second-order valence-electron chi connectivity index (χ2n) is 5.99. The van der Waals surface area contributed by atoms with Gasteiger partial charge in [-0.25, -0.2) is 13.2 Å². The third kappa shape index (κ3) is 3.19. The zero-order valence-corrected chi connectivity index (χ0v) is 15.1. The van der Waals surface area contributed by atoms with E-state index in [1.165, 1.54) is 28.1 Å². The number of nitrogens with zero attached hydrogens (tertiary/aromatic N) is 3. The Hall–Kier alpha value is -2.19. The van der Waals surface area contributed by atoms with Gasteiger partial charge in [-0.15, -0.1) is 0 Å². The van der Waals surface area contributed by atoms with Crippen molar-refractivity contribution in [2.75, 3.05) is 13.7 Å². The standard InChI is InChI=1S/C17H21N3O4S/c1-19-15(17(21)24-2)9-10-16(19)25(22,23)20-12-6-4-8-14(20)13-7-3-5-11-18-13/h3,5,7,9-11,14H,4,6,8,12H2,1-2H3/t14-/m0/s1. The molecule has 0 radical (unpaired) electrons. The summed E-state index contributed by atoms with van der Waals surface area (Å²) in [5.41, 5.74) is 0.945. The number of sulfonamides is 1. The molecule has 0 unspecified atom stereocenters. The summed E-state index contributed by atoms with van der Waals surface area (Å²) < 4.78 is 34.0. The molecule has 1 aliphatic rings. The topological polar surface area (TPSA) is 81.5 Å². The van der Waals surface area contributed by atoms with Crippen molar-refractivity contribution < 1.29 is 17.9 Å². The number of esters is 1. The lowest BCUT2D eigenvalue weighted by molar-refractivity contribution is 0.0589. The summed E-state index contributed by atoms with van der Waals surface area (Å²) in [7, 11) is -0.939. The van der Waals surface area contributed by atoms with E-state index in [2.05, 4.69) is 4.98 Å². The van der Waals surface area contributed by atoms with Crippen LogP contribution in [-0.2, 0) is 21.8 Å². The maximum absolute atomic E-state index is 13.2. The highest BCUT2D eigenvalue weighted by Gasteiger charge is 2.37. The molecule has 8 heteroatoms. The van der Waals surface area contributed by atoms with Crippen molar-refractivity contribution in [2.24, 2.45) is 7.05 Å². The molecule has 25 heavy (non-hydrogen) atoms. The lowest BCUT2D eigenvalue weighted by Crippen LogP contribution is -2.39. The second-order valence-corrected chi connectivity index (χ2v) is 7.83. The Morgan fingerprint density at radius 1 is 1.24 bits per heavy atom. The summed E-state index contributed by atoms with van der Waals surface area (Å²) in [5, 5.41) is 0.0794. The van der Waals surface area contributed by atoms with Crippen LogP contribution < -0.4 is 0 Å². The second kappa shape index (κ2) is 6.97. The highest BCUT2D eigenvalue weighted by molar-refractivity contribution is 7.89. The van der Waals surface area contributed by atoms with Gasteiger partial charge in [-0.05, 0) is 37.1 Å². The summed E-state index contributed by atoms with van der Waals surface area (Å²) in [4.78, 5) is 16.1. The van der Waals surface area contributed by atoms with E-state index in [0.717, 1.165) is 25.0 Å². The van der Waals surface area contributed by atoms with Crippen molar-refractivity contribution in [3.8, 4) is 0 Å². The van der Waals surface area contributed by atoms with Crippen molar-refractivity contribution in [1.82, 2.24) is 13.9 Å². The van der Waals surface area contributed by atoms with Crippen LogP contribution in [0.3, 0.4) is 0 Å². The van der Waals surface area contributed by atoms with Gasteiger partial charge in [-0.2, -0.15) is 4.31 Å². The van der Waals surface area contributed by atoms with Gasteiger partial charge < -0.3 is 9.30 Å². The lowest BCUT2D eigenvalue weighted by Gasteiger charge is -2.34. The summed E-state index contributed by atoms with van der Waals surface area (Å²) in [6.07, 6.45) is 4.15. The highest BCUT2D eigenvalue weighted by Crippen LogP contribution is 2.34. The maximum atomic E-state index is 13.2. The minimum atomic E-state index is -3.76. The first-order valence-corrected chi connectivity index (χ1v) is 9.57. The lowest BCUT2D eigenvalue weighted by atomic mass is 10.0. The average molecular weight is 363 g/mol. The van der Waals surface area contributed by atoms with E-state index >= 15 is 0 Å². The number of piperidine rings is 1. The fourth-order valence-corrected chi connectivity index (χ4v) is 5.09. The minimum absolute atomic E-state index is 0.0794. The van der Waals surface area contributed by atoms with Gasteiger partial charge in [0, 0.05) is 19.8 Å². The third-order valence-electron chi connectivity index (χ3n) is 4.53. The Kier molecular flexibility index (Phi) is 4.91. The number of methoxy groups -OCH3 is 1. The molecule has 0 N–H and O–H groups in total. The first-order valence-electron chi connectivity index (χ1n) is 8.13. The summed E-state index contributed by atoms with van der Waals surface area (Å²) >= 11 is 0. The molecule has 0 saturated carbocycles. The number of pyridine rings is 1. The number of ether oxygens (including phenoxy) is 1.